The highest BCUT2D eigenvalue weighted by molar-refractivity contribution is 7.80. The lowest BCUT2D eigenvalue weighted by Crippen LogP contribution is -2.26. The maximum absolute atomic E-state index is 11.9. The molecule has 2 N–H and O–H groups in total. The van der Waals surface area contributed by atoms with Crippen LogP contribution in [0.1, 0.15) is 32.3 Å². The molecule has 18 heavy (non-hydrogen) atoms. The number of anilines is 1. The summed E-state index contributed by atoms with van der Waals surface area (Å²) in [5, 5.41) is 0. The number of carbonyl (C=O) groups excluding carboxylic acids is 1. The fourth-order valence-electron chi connectivity index (χ4n) is 1.57. The van der Waals surface area contributed by atoms with E-state index in [1.165, 1.54) is 0 Å². The molecule has 1 amide bonds. The third-order valence-electron chi connectivity index (χ3n) is 2.85. The molecule has 0 aliphatic heterocycles. The third-order valence-corrected chi connectivity index (χ3v) is 3.08. The van der Waals surface area contributed by atoms with Gasteiger partial charge in [0.1, 0.15) is 4.99 Å². The number of nitrogens with two attached hydrogens (primary N) is 1. The summed E-state index contributed by atoms with van der Waals surface area (Å²) in [6.45, 7) is 4.23. The van der Waals surface area contributed by atoms with Gasteiger partial charge in [-0.2, -0.15) is 0 Å². The Kier molecular flexibility index (Phi) is 5.28. The van der Waals surface area contributed by atoms with Crippen molar-refractivity contribution in [2.45, 2.75) is 26.7 Å². The van der Waals surface area contributed by atoms with Crippen molar-refractivity contribution < 1.29 is 4.79 Å². The monoisotopic (exact) mass is 264 g/mol. The van der Waals surface area contributed by atoms with Gasteiger partial charge in [0.25, 0.3) is 0 Å². The highest BCUT2D eigenvalue weighted by Crippen LogP contribution is 2.16. The third kappa shape index (κ3) is 4.11. The molecule has 0 unspecified atom stereocenters. The summed E-state index contributed by atoms with van der Waals surface area (Å²) in [6, 6.07) is 7.40. The Morgan fingerprint density at radius 1 is 1.33 bits per heavy atom. The van der Waals surface area contributed by atoms with Gasteiger partial charge in [-0.15, -0.1) is 0 Å². The van der Waals surface area contributed by atoms with Crippen molar-refractivity contribution in [2.24, 2.45) is 11.7 Å². The highest BCUT2D eigenvalue weighted by Gasteiger charge is 2.11. The Balaban J connectivity index is 2.68. The quantitative estimate of drug-likeness (QED) is 0.832. The van der Waals surface area contributed by atoms with Crippen molar-refractivity contribution in [2.75, 3.05) is 11.9 Å². The number of hydrogen-bond acceptors (Lipinski definition) is 2. The average molecular weight is 264 g/mol. The number of hydrogen-bond donors (Lipinski definition) is 1. The van der Waals surface area contributed by atoms with Crippen molar-refractivity contribution in [3.8, 4) is 0 Å². The highest BCUT2D eigenvalue weighted by atomic mass is 32.1. The van der Waals surface area contributed by atoms with Crippen LogP contribution >= 0.6 is 12.2 Å². The second-order valence-electron chi connectivity index (χ2n) is 4.80. The van der Waals surface area contributed by atoms with E-state index >= 15 is 0 Å². The predicted octanol–water partition coefficient (Wildman–Crippen LogP) is 2.72. The summed E-state index contributed by atoms with van der Waals surface area (Å²) >= 11 is 4.89. The summed E-state index contributed by atoms with van der Waals surface area (Å²) in [7, 11) is 1.79. The van der Waals surface area contributed by atoms with Gasteiger partial charge < -0.3 is 10.6 Å². The second-order valence-corrected chi connectivity index (χ2v) is 5.24. The van der Waals surface area contributed by atoms with E-state index < -0.39 is 0 Å². The van der Waals surface area contributed by atoms with Crippen molar-refractivity contribution in [1.29, 1.82) is 0 Å². The van der Waals surface area contributed by atoms with Crippen LogP contribution in [0.25, 0.3) is 0 Å². The van der Waals surface area contributed by atoms with Crippen LogP contribution < -0.4 is 10.6 Å². The number of thiocarbonyl (C=S) groups is 1. The summed E-state index contributed by atoms with van der Waals surface area (Å²) in [4.78, 5) is 14.0. The van der Waals surface area contributed by atoms with Crippen LogP contribution in [0.15, 0.2) is 24.3 Å². The first-order valence-corrected chi connectivity index (χ1v) is 6.49. The number of benzene rings is 1. The first kappa shape index (κ1) is 14.6. The minimum absolute atomic E-state index is 0.131. The molecule has 0 aliphatic rings. The van der Waals surface area contributed by atoms with E-state index in [2.05, 4.69) is 13.8 Å². The van der Waals surface area contributed by atoms with E-state index in [1.54, 1.807) is 11.9 Å². The molecule has 98 valence electrons. The lowest BCUT2D eigenvalue weighted by Gasteiger charge is -2.18. The zero-order valence-corrected chi connectivity index (χ0v) is 12.0. The normalized spacial score (nSPS) is 10.4. The number of amides is 1. The number of nitrogens with zero attached hydrogens (tertiary/aromatic N) is 1. The van der Waals surface area contributed by atoms with Crippen LogP contribution in [0.5, 0.6) is 0 Å². The Morgan fingerprint density at radius 3 is 2.33 bits per heavy atom. The first-order valence-electron chi connectivity index (χ1n) is 6.08. The van der Waals surface area contributed by atoms with Gasteiger partial charge in [0.15, 0.2) is 0 Å². The zero-order chi connectivity index (χ0) is 13.7. The molecule has 0 spiro atoms. The molecule has 0 saturated carbocycles. The lowest BCUT2D eigenvalue weighted by molar-refractivity contribution is -0.118. The van der Waals surface area contributed by atoms with Gasteiger partial charge in [0.05, 0.1) is 0 Å². The smallest absolute Gasteiger partial charge is 0.226 e. The molecule has 0 radical (unpaired) electrons. The molecule has 0 fully saturated rings. The molecule has 0 heterocycles. The maximum Gasteiger partial charge on any atom is 0.226 e. The molecule has 0 saturated heterocycles. The topological polar surface area (TPSA) is 46.3 Å². The molecule has 1 aromatic carbocycles. The molecular formula is C14H20N2OS. The van der Waals surface area contributed by atoms with Crippen LogP contribution in [0.4, 0.5) is 5.69 Å². The molecule has 0 atom stereocenters. The average Bonchev–Trinajstić information content (AvgIpc) is 2.35. The van der Waals surface area contributed by atoms with Crippen molar-refractivity contribution in [1.82, 2.24) is 0 Å². The molecular weight excluding hydrogens is 244 g/mol. The van der Waals surface area contributed by atoms with Crippen molar-refractivity contribution >= 4 is 28.8 Å². The van der Waals surface area contributed by atoms with Gasteiger partial charge in [0, 0.05) is 24.7 Å². The van der Waals surface area contributed by atoms with E-state index in [-0.39, 0.29) is 5.91 Å². The summed E-state index contributed by atoms with van der Waals surface area (Å²) in [5.41, 5.74) is 7.21. The van der Waals surface area contributed by atoms with Crippen LogP contribution in [0.3, 0.4) is 0 Å². The molecule has 1 aromatic rings. The van der Waals surface area contributed by atoms with Crippen LogP contribution in [0, 0.1) is 5.92 Å². The van der Waals surface area contributed by atoms with Gasteiger partial charge in [-0.1, -0.05) is 26.1 Å². The predicted molar refractivity (Wildman–Crippen MR) is 79.8 cm³/mol. The van der Waals surface area contributed by atoms with Gasteiger partial charge in [-0.05, 0) is 36.6 Å². The molecule has 3 nitrogen and oxygen atoms in total. The summed E-state index contributed by atoms with van der Waals surface area (Å²) < 4.78 is 0. The van der Waals surface area contributed by atoms with E-state index in [1.807, 2.05) is 24.3 Å². The first-order chi connectivity index (χ1) is 8.41. The molecule has 0 aliphatic carbocycles. The second kappa shape index (κ2) is 6.50. The summed E-state index contributed by atoms with van der Waals surface area (Å²) in [6.07, 6.45) is 1.49. The Bertz CT molecular complexity index is 426. The largest absolute Gasteiger partial charge is 0.389 e. The Labute approximate surface area is 114 Å². The van der Waals surface area contributed by atoms with Gasteiger partial charge >= 0.3 is 0 Å². The molecule has 1 rings (SSSR count). The minimum Gasteiger partial charge on any atom is -0.389 e. The lowest BCUT2D eigenvalue weighted by atomic mass is 10.1. The molecule has 0 bridgehead atoms. The standard InChI is InChI=1S/C14H20N2OS/c1-10(2)4-9-13(17)16(3)12-7-5-11(6-8-12)14(15)18/h5-8,10H,4,9H2,1-3H3,(H2,15,18). The van der Waals surface area contributed by atoms with Gasteiger partial charge in [-0.3, -0.25) is 4.79 Å². The van der Waals surface area contributed by atoms with E-state index in [4.69, 9.17) is 18.0 Å². The minimum atomic E-state index is 0.131. The van der Waals surface area contributed by atoms with Crippen molar-refractivity contribution in [3.63, 3.8) is 0 Å². The molecule has 0 aromatic heterocycles. The number of rotatable bonds is 5. The molecule has 4 heteroatoms. The van der Waals surface area contributed by atoms with Crippen LogP contribution in [-0.2, 0) is 4.79 Å². The fourth-order valence-corrected chi connectivity index (χ4v) is 1.71. The SMILES string of the molecule is CC(C)CCC(=O)N(C)c1ccc(C(N)=S)cc1. The van der Waals surface area contributed by atoms with Gasteiger partial charge in [0.2, 0.25) is 5.91 Å². The Morgan fingerprint density at radius 2 is 1.89 bits per heavy atom. The number of carbonyl (C=O) groups is 1. The fraction of sp³-hybridized carbons (Fsp3) is 0.429. The van der Waals surface area contributed by atoms with Gasteiger partial charge in [-0.25, -0.2) is 0 Å². The van der Waals surface area contributed by atoms with Crippen LogP contribution in [0.2, 0.25) is 0 Å². The van der Waals surface area contributed by atoms with Crippen molar-refractivity contribution in [3.05, 3.63) is 29.8 Å². The van der Waals surface area contributed by atoms with E-state index in [9.17, 15) is 4.79 Å². The zero-order valence-electron chi connectivity index (χ0n) is 11.1. The Hall–Kier alpha value is -1.42. The maximum atomic E-state index is 11.9. The van der Waals surface area contributed by atoms with Crippen LogP contribution in [-0.4, -0.2) is 17.9 Å². The van der Waals surface area contributed by atoms with E-state index in [0.717, 1.165) is 17.7 Å². The summed E-state index contributed by atoms with van der Waals surface area (Å²) in [5.74, 6) is 0.672. The van der Waals surface area contributed by atoms with E-state index in [0.29, 0.717) is 17.3 Å².